The zero-order valence-electron chi connectivity index (χ0n) is 10.9. The molecule has 0 heterocycles. The number of ether oxygens (including phenoxy) is 1. The quantitative estimate of drug-likeness (QED) is 0.847. The first-order valence-corrected chi connectivity index (χ1v) is 5.81. The zero-order chi connectivity index (χ0) is 12.3. The van der Waals surface area contributed by atoms with Crippen LogP contribution in [0.3, 0.4) is 0 Å². The maximum atomic E-state index is 10.6. The minimum absolute atomic E-state index is 0.236. The average Bonchev–Trinajstić information content (AvgIpc) is 2.27. The van der Waals surface area contributed by atoms with Crippen molar-refractivity contribution < 1.29 is 9.84 Å². The molecule has 0 aliphatic heterocycles. The van der Waals surface area contributed by atoms with E-state index in [1.165, 1.54) is 0 Å². The molecule has 0 saturated heterocycles. The van der Waals surface area contributed by atoms with E-state index in [2.05, 4.69) is 13.8 Å². The molecule has 2 heteroatoms. The van der Waals surface area contributed by atoms with Crippen molar-refractivity contribution in [2.75, 3.05) is 7.11 Å². The van der Waals surface area contributed by atoms with E-state index in [0.29, 0.717) is 0 Å². The second-order valence-corrected chi connectivity index (χ2v) is 4.64. The van der Waals surface area contributed by atoms with Crippen LogP contribution < -0.4 is 4.74 Å². The summed E-state index contributed by atoms with van der Waals surface area (Å²) in [6.45, 7) is 8.06. The minimum Gasteiger partial charge on any atom is -0.497 e. The van der Waals surface area contributed by atoms with Crippen LogP contribution in [0.2, 0.25) is 0 Å². The van der Waals surface area contributed by atoms with E-state index in [-0.39, 0.29) is 5.92 Å². The number of methoxy groups -OCH3 is 1. The Labute approximate surface area is 98.3 Å². The fourth-order valence-corrected chi connectivity index (χ4v) is 1.99. The molecule has 2 nitrogen and oxygen atoms in total. The predicted octanol–water partition coefficient (Wildman–Crippen LogP) is 3.26. The van der Waals surface area contributed by atoms with Gasteiger partial charge in [0.05, 0.1) is 12.7 Å². The van der Waals surface area contributed by atoms with Crippen molar-refractivity contribution in [1.29, 1.82) is 0 Å². The van der Waals surface area contributed by atoms with Crippen molar-refractivity contribution in [2.45, 2.75) is 39.7 Å². The molecule has 16 heavy (non-hydrogen) atoms. The Morgan fingerprint density at radius 2 is 2.06 bits per heavy atom. The highest BCUT2D eigenvalue weighted by molar-refractivity contribution is 5.38. The van der Waals surface area contributed by atoms with Crippen LogP contribution in [0.25, 0.3) is 0 Å². The van der Waals surface area contributed by atoms with Gasteiger partial charge in [0.2, 0.25) is 0 Å². The van der Waals surface area contributed by atoms with E-state index < -0.39 is 5.60 Å². The standard InChI is InChI=1S/C14H22O2/c1-6-11(3)14(4,15)13-8-7-12(16-5)9-10(13)2/h7-9,11,15H,6H2,1-5H3. The lowest BCUT2D eigenvalue weighted by molar-refractivity contribution is -0.000569. The molecule has 2 atom stereocenters. The van der Waals surface area contributed by atoms with Gasteiger partial charge in [0.1, 0.15) is 5.75 Å². The topological polar surface area (TPSA) is 29.5 Å². The maximum Gasteiger partial charge on any atom is 0.119 e. The average molecular weight is 222 g/mol. The van der Waals surface area contributed by atoms with Crippen molar-refractivity contribution in [2.24, 2.45) is 5.92 Å². The van der Waals surface area contributed by atoms with Crippen LogP contribution in [0.5, 0.6) is 5.75 Å². The molecule has 1 rings (SSSR count). The Kier molecular flexibility index (Phi) is 3.98. The highest BCUT2D eigenvalue weighted by Gasteiger charge is 2.30. The van der Waals surface area contributed by atoms with Crippen LogP contribution in [0.4, 0.5) is 0 Å². The number of aliphatic hydroxyl groups is 1. The first-order valence-electron chi connectivity index (χ1n) is 5.81. The van der Waals surface area contributed by atoms with Crippen LogP contribution in [-0.2, 0) is 5.60 Å². The lowest BCUT2D eigenvalue weighted by atomic mass is 9.80. The van der Waals surface area contributed by atoms with Gasteiger partial charge in [-0.2, -0.15) is 0 Å². The molecule has 0 bridgehead atoms. The Morgan fingerprint density at radius 3 is 2.50 bits per heavy atom. The number of hydrogen-bond donors (Lipinski definition) is 1. The number of rotatable bonds is 4. The SMILES string of the molecule is CCC(C)C(C)(O)c1ccc(OC)cc1C. The third kappa shape index (κ3) is 2.38. The third-order valence-corrected chi connectivity index (χ3v) is 3.55. The van der Waals surface area contributed by atoms with Gasteiger partial charge in [-0.1, -0.05) is 26.3 Å². The molecule has 0 spiro atoms. The third-order valence-electron chi connectivity index (χ3n) is 3.55. The van der Waals surface area contributed by atoms with Gasteiger partial charge in [-0.05, 0) is 43.0 Å². The zero-order valence-corrected chi connectivity index (χ0v) is 10.9. The molecule has 0 aliphatic carbocycles. The molecule has 0 saturated carbocycles. The lowest BCUT2D eigenvalue weighted by Gasteiger charge is -2.31. The number of benzene rings is 1. The monoisotopic (exact) mass is 222 g/mol. The van der Waals surface area contributed by atoms with Gasteiger partial charge < -0.3 is 9.84 Å². The normalized spacial score (nSPS) is 16.6. The molecule has 0 fully saturated rings. The highest BCUT2D eigenvalue weighted by atomic mass is 16.5. The predicted molar refractivity (Wildman–Crippen MR) is 66.8 cm³/mol. The Bertz CT molecular complexity index is 356. The summed E-state index contributed by atoms with van der Waals surface area (Å²) in [5.41, 5.74) is 1.29. The van der Waals surface area contributed by atoms with Crippen molar-refractivity contribution >= 4 is 0 Å². The second kappa shape index (κ2) is 4.88. The summed E-state index contributed by atoms with van der Waals surface area (Å²) in [5, 5.41) is 10.6. The summed E-state index contributed by atoms with van der Waals surface area (Å²) in [4.78, 5) is 0. The van der Waals surface area contributed by atoms with E-state index in [4.69, 9.17) is 4.74 Å². The molecule has 0 aliphatic rings. The first-order chi connectivity index (χ1) is 7.43. The van der Waals surface area contributed by atoms with Gasteiger partial charge in [0, 0.05) is 0 Å². The summed E-state index contributed by atoms with van der Waals surface area (Å²) in [6.07, 6.45) is 0.957. The van der Waals surface area contributed by atoms with Crippen molar-refractivity contribution in [3.05, 3.63) is 29.3 Å². The Balaban J connectivity index is 3.13. The van der Waals surface area contributed by atoms with Crippen LogP contribution in [-0.4, -0.2) is 12.2 Å². The van der Waals surface area contributed by atoms with Gasteiger partial charge in [-0.25, -0.2) is 0 Å². The molecule has 1 aromatic rings. The molecule has 0 aromatic heterocycles. The van der Waals surface area contributed by atoms with Crippen molar-refractivity contribution in [1.82, 2.24) is 0 Å². The van der Waals surface area contributed by atoms with Crippen LogP contribution in [0.15, 0.2) is 18.2 Å². The van der Waals surface area contributed by atoms with Crippen LogP contribution >= 0.6 is 0 Å². The smallest absolute Gasteiger partial charge is 0.119 e. The fraction of sp³-hybridized carbons (Fsp3) is 0.571. The summed E-state index contributed by atoms with van der Waals surface area (Å²) in [5.74, 6) is 1.07. The van der Waals surface area contributed by atoms with Gasteiger partial charge in [0.15, 0.2) is 0 Å². The van der Waals surface area contributed by atoms with Crippen LogP contribution in [0, 0.1) is 12.8 Å². The molecular formula is C14H22O2. The molecule has 1 N–H and O–H groups in total. The van der Waals surface area contributed by atoms with Crippen molar-refractivity contribution in [3.8, 4) is 5.75 Å². The molecule has 1 aromatic carbocycles. The molecule has 0 amide bonds. The maximum absolute atomic E-state index is 10.6. The second-order valence-electron chi connectivity index (χ2n) is 4.64. The number of aryl methyl sites for hydroxylation is 1. The van der Waals surface area contributed by atoms with E-state index in [1.54, 1.807) is 7.11 Å². The summed E-state index contributed by atoms with van der Waals surface area (Å²) in [7, 11) is 1.65. The van der Waals surface area contributed by atoms with E-state index in [9.17, 15) is 5.11 Å². The summed E-state index contributed by atoms with van der Waals surface area (Å²) < 4.78 is 5.17. The largest absolute Gasteiger partial charge is 0.497 e. The highest BCUT2D eigenvalue weighted by Crippen LogP contribution is 2.34. The van der Waals surface area contributed by atoms with Crippen molar-refractivity contribution in [3.63, 3.8) is 0 Å². The van der Waals surface area contributed by atoms with Crippen LogP contribution in [0.1, 0.15) is 38.3 Å². The molecule has 2 unspecified atom stereocenters. The Hall–Kier alpha value is -1.02. The number of hydrogen-bond acceptors (Lipinski definition) is 2. The van der Waals surface area contributed by atoms with Gasteiger partial charge in [-0.3, -0.25) is 0 Å². The molecular weight excluding hydrogens is 200 g/mol. The van der Waals surface area contributed by atoms with E-state index >= 15 is 0 Å². The van der Waals surface area contributed by atoms with E-state index in [1.807, 2.05) is 32.0 Å². The molecule has 0 radical (unpaired) electrons. The lowest BCUT2D eigenvalue weighted by Crippen LogP contribution is -2.30. The minimum atomic E-state index is -0.773. The van der Waals surface area contributed by atoms with Gasteiger partial charge >= 0.3 is 0 Å². The summed E-state index contributed by atoms with van der Waals surface area (Å²) >= 11 is 0. The summed E-state index contributed by atoms with van der Waals surface area (Å²) in [6, 6.07) is 5.83. The fourth-order valence-electron chi connectivity index (χ4n) is 1.99. The van der Waals surface area contributed by atoms with Gasteiger partial charge in [-0.15, -0.1) is 0 Å². The first kappa shape index (κ1) is 13.0. The van der Waals surface area contributed by atoms with Gasteiger partial charge in [0.25, 0.3) is 0 Å². The Morgan fingerprint density at radius 1 is 1.44 bits per heavy atom. The molecule has 90 valence electrons. The van der Waals surface area contributed by atoms with E-state index in [0.717, 1.165) is 23.3 Å².